The number of hydrogen-bond acceptors (Lipinski definition) is 2. The van der Waals surface area contributed by atoms with Gasteiger partial charge in [0.1, 0.15) is 18.4 Å². The molecule has 2 aliphatic carbocycles. The third kappa shape index (κ3) is 2.70. The van der Waals surface area contributed by atoms with Crippen molar-refractivity contribution in [3.8, 4) is 0 Å². The summed E-state index contributed by atoms with van der Waals surface area (Å²) < 4.78 is 12.6. The maximum Gasteiger partial charge on any atom is 0.307 e. The van der Waals surface area contributed by atoms with Gasteiger partial charge in [0.2, 0.25) is 0 Å². The summed E-state index contributed by atoms with van der Waals surface area (Å²) >= 11 is 0. The van der Waals surface area contributed by atoms with Gasteiger partial charge in [-0.1, -0.05) is 18.2 Å². The molecule has 0 N–H and O–H groups in total. The molecule has 0 spiro atoms. The van der Waals surface area contributed by atoms with E-state index in [1.54, 1.807) is 0 Å². The first-order valence-electron chi connectivity index (χ1n) is 6.63. The van der Waals surface area contributed by atoms with Crippen molar-refractivity contribution in [1.82, 2.24) is 0 Å². The predicted octanol–water partition coefficient (Wildman–Crippen LogP) is 3.54. The molecule has 0 heterocycles. The molecule has 0 aliphatic heterocycles. The third-order valence-corrected chi connectivity index (χ3v) is 6.45. The quantitative estimate of drug-likeness (QED) is 0.720. The smallest absolute Gasteiger partial charge is 0.198 e. The highest BCUT2D eigenvalue weighted by Crippen LogP contribution is 2.65. The lowest BCUT2D eigenvalue weighted by atomic mass is 10.4. The highest BCUT2D eigenvalue weighted by Gasteiger charge is 2.51. The highest BCUT2D eigenvalue weighted by molar-refractivity contribution is 7.74. The van der Waals surface area contributed by atoms with E-state index < -0.39 is 7.72 Å². The van der Waals surface area contributed by atoms with E-state index in [-0.39, 0.29) is 0 Å². The summed E-state index contributed by atoms with van der Waals surface area (Å²) in [5.74, 6) is 0. The molecule has 0 aromatic heterocycles. The summed E-state index contributed by atoms with van der Waals surface area (Å²) in [4.78, 5) is 0. The Hall–Kier alpha value is -0.430. The van der Waals surface area contributed by atoms with Crippen LogP contribution in [0.5, 0.6) is 0 Å². The fourth-order valence-corrected chi connectivity index (χ4v) is 4.93. The van der Waals surface area contributed by atoms with Crippen LogP contribution in [0.1, 0.15) is 32.6 Å². The largest absolute Gasteiger partial charge is 0.307 e. The SMILES string of the molecule is CC[P+](OC1CC1)(OC1CC1)c1ccccc1. The van der Waals surface area contributed by atoms with Crippen molar-refractivity contribution in [1.29, 1.82) is 0 Å². The van der Waals surface area contributed by atoms with Gasteiger partial charge in [0.15, 0.2) is 5.30 Å². The van der Waals surface area contributed by atoms with E-state index >= 15 is 0 Å². The van der Waals surface area contributed by atoms with Gasteiger partial charge >= 0.3 is 7.72 Å². The van der Waals surface area contributed by atoms with Crippen LogP contribution in [-0.4, -0.2) is 18.4 Å². The Bertz CT molecular complexity index is 357. The van der Waals surface area contributed by atoms with Gasteiger partial charge in [-0.25, -0.2) is 0 Å². The van der Waals surface area contributed by atoms with Crippen LogP contribution in [0, 0.1) is 0 Å². The average Bonchev–Trinajstić information content (AvgIpc) is 3.25. The number of hydrogen-bond donors (Lipinski definition) is 0. The Morgan fingerprint density at radius 2 is 1.53 bits per heavy atom. The monoisotopic (exact) mass is 251 g/mol. The molecule has 1 aromatic carbocycles. The summed E-state index contributed by atoms with van der Waals surface area (Å²) in [6.07, 6.45) is 6.75. The second-order valence-corrected chi connectivity index (χ2v) is 7.85. The lowest BCUT2D eigenvalue weighted by molar-refractivity contribution is 0.222. The zero-order valence-electron chi connectivity index (χ0n) is 10.3. The van der Waals surface area contributed by atoms with Gasteiger partial charge < -0.3 is 0 Å². The fraction of sp³-hybridized carbons (Fsp3) is 0.571. The first-order valence-corrected chi connectivity index (χ1v) is 8.44. The maximum absolute atomic E-state index is 6.32. The average molecular weight is 251 g/mol. The van der Waals surface area contributed by atoms with Crippen molar-refractivity contribution in [3.63, 3.8) is 0 Å². The van der Waals surface area contributed by atoms with Crippen LogP contribution in [0.3, 0.4) is 0 Å². The normalized spacial score (nSPS) is 20.5. The van der Waals surface area contributed by atoms with Crippen LogP contribution < -0.4 is 5.30 Å². The summed E-state index contributed by atoms with van der Waals surface area (Å²) in [7, 11) is -1.82. The predicted molar refractivity (Wildman–Crippen MR) is 71.8 cm³/mol. The van der Waals surface area contributed by atoms with E-state index in [1.165, 1.54) is 31.0 Å². The minimum Gasteiger partial charge on any atom is -0.198 e. The van der Waals surface area contributed by atoms with E-state index in [4.69, 9.17) is 9.05 Å². The highest BCUT2D eigenvalue weighted by atomic mass is 31.2. The minimum absolute atomic E-state index is 0.460. The van der Waals surface area contributed by atoms with Crippen molar-refractivity contribution in [2.45, 2.75) is 44.8 Å². The molecule has 0 bridgehead atoms. The number of rotatable bonds is 6. The first kappa shape index (κ1) is 11.6. The molecule has 0 unspecified atom stereocenters. The molecule has 3 heteroatoms. The Morgan fingerprint density at radius 3 is 1.94 bits per heavy atom. The summed E-state index contributed by atoms with van der Waals surface area (Å²) in [5, 5.41) is 1.28. The van der Waals surface area contributed by atoms with E-state index in [9.17, 15) is 0 Å². The summed E-state index contributed by atoms with van der Waals surface area (Å²) in [6.45, 7) is 2.20. The van der Waals surface area contributed by atoms with Gasteiger partial charge in [0, 0.05) is 0 Å². The minimum atomic E-state index is -1.82. The van der Waals surface area contributed by atoms with Crippen LogP contribution in [0.15, 0.2) is 30.3 Å². The molecular weight excluding hydrogens is 231 g/mol. The Labute approximate surface area is 104 Å². The van der Waals surface area contributed by atoms with Crippen LogP contribution in [-0.2, 0) is 9.05 Å². The molecule has 92 valence electrons. The van der Waals surface area contributed by atoms with Gasteiger partial charge in [0.25, 0.3) is 0 Å². The molecule has 17 heavy (non-hydrogen) atoms. The van der Waals surface area contributed by atoms with E-state index in [2.05, 4.69) is 37.3 Å². The van der Waals surface area contributed by atoms with Crippen molar-refractivity contribution in [2.75, 3.05) is 6.16 Å². The van der Waals surface area contributed by atoms with Gasteiger partial charge in [0.05, 0.1) is 0 Å². The van der Waals surface area contributed by atoms with Crippen LogP contribution in [0.4, 0.5) is 0 Å². The van der Waals surface area contributed by atoms with E-state index in [0.717, 1.165) is 6.16 Å². The Morgan fingerprint density at radius 1 is 1.00 bits per heavy atom. The van der Waals surface area contributed by atoms with Crippen molar-refractivity contribution >= 4 is 13.0 Å². The standard InChI is InChI=1S/C14H20O2P/c1-2-17(15-12-8-9-12,16-13-10-11-13)14-6-4-3-5-7-14/h3-7,12-13H,2,8-11H2,1H3/q+1. The van der Waals surface area contributed by atoms with Crippen molar-refractivity contribution < 1.29 is 9.05 Å². The van der Waals surface area contributed by atoms with E-state index in [1.807, 2.05) is 0 Å². The fourth-order valence-electron chi connectivity index (χ4n) is 1.96. The summed E-state index contributed by atoms with van der Waals surface area (Å²) in [6, 6.07) is 10.6. The lowest BCUT2D eigenvalue weighted by Crippen LogP contribution is -2.20. The van der Waals surface area contributed by atoms with Crippen LogP contribution in [0.2, 0.25) is 0 Å². The molecule has 2 nitrogen and oxygen atoms in total. The first-order chi connectivity index (χ1) is 8.32. The Kier molecular flexibility index (Phi) is 3.21. The maximum atomic E-state index is 6.32. The topological polar surface area (TPSA) is 18.5 Å². The second-order valence-electron chi connectivity index (χ2n) is 4.93. The Balaban J connectivity index is 1.86. The lowest BCUT2D eigenvalue weighted by Gasteiger charge is -2.22. The van der Waals surface area contributed by atoms with E-state index in [0.29, 0.717) is 12.2 Å². The molecule has 2 fully saturated rings. The molecule has 0 saturated heterocycles. The van der Waals surface area contributed by atoms with Gasteiger partial charge in [-0.15, -0.1) is 0 Å². The van der Waals surface area contributed by atoms with Gasteiger partial charge in [-0.05, 0) is 44.7 Å². The van der Waals surface area contributed by atoms with Crippen LogP contribution in [0.25, 0.3) is 0 Å². The molecular formula is C14H20O2P+. The molecule has 0 atom stereocenters. The molecule has 0 amide bonds. The molecule has 0 radical (unpaired) electrons. The van der Waals surface area contributed by atoms with Gasteiger partial charge in [-0.2, -0.15) is 9.05 Å². The molecule has 3 rings (SSSR count). The van der Waals surface area contributed by atoms with Crippen molar-refractivity contribution in [2.24, 2.45) is 0 Å². The zero-order chi connectivity index (χ0) is 11.7. The van der Waals surface area contributed by atoms with Gasteiger partial charge in [-0.3, -0.25) is 0 Å². The van der Waals surface area contributed by atoms with Crippen molar-refractivity contribution in [3.05, 3.63) is 30.3 Å². The summed E-state index contributed by atoms with van der Waals surface area (Å²) in [5.41, 5.74) is 0. The molecule has 2 aliphatic rings. The number of benzene rings is 1. The molecule has 2 saturated carbocycles. The zero-order valence-corrected chi connectivity index (χ0v) is 11.2. The van der Waals surface area contributed by atoms with Crippen LogP contribution >= 0.6 is 7.72 Å². The third-order valence-electron chi connectivity index (χ3n) is 3.25. The molecule has 1 aromatic rings. The second kappa shape index (κ2) is 4.68.